The number of halogens is 2. The van der Waals surface area contributed by atoms with Crippen LogP contribution in [0.1, 0.15) is 12.5 Å². The van der Waals surface area contributed by atoms with Crippen LogP contribution >= 0.6 is 11.6 Å². The fraction of sp³-hybridized carbons (Fsp3) is 0.278. The van der Waals surface area contributed by atoms with E-state index in [0.717, 1.165) is 23.5 Å². The van der Waals surface area contributed by atoms with Crippen LogP contribution in [0.25, 0.3) is 0 Å². The molecule has 0 saturated carbocycles. The van der Waals surface area contributed by atoms with Gasteiger partial charge in [0, 0.05) is 37.0 Å². The number of nitrogens with zero attached hydrogens (tertiary/aromatic N) is 3. The van der Waals surface area contributed by atoms with E-state index in [4.69, 9.17) is 11.6 Å². The van der Waals surface area contributed by atoms with E-state index < -0.39 is 0 Å². The lowest BCUT2D eigenvalue weighted by Crippen LogP contribution is -2.14. The molecule has 0 saturated heterocycles. The Bertz CT molecular complexity index is 715. The summed E-state index contributed by atoms with van der Waals surface area (Å²) < 4.78 is 14.0. The van der Waals surface area contributed by atoms with Crippen LogP contribution in [0.5, 0.6) is 0 Å². The van der Waals surface area contributed by atoms with Gasteiger partial charge in [0.05, 0.1) is 12.0 Å². The number of hydrogen-bond donors (Lipinski definition) is 0. The molecule has 5 heteroatoms. The highest BCUT2D eigenvalue weighted by Crippen LogP contribution is 2.34. The number of benzene rings is 2. The third kappa shape index (κ3) is 4.23. The maximum Gasteiger partial charge on any atom is 0.127 e. The summed E-state index contributed by atoms with van der Waals surface area (Å²) in [4.78, 5) is 8.24. The van der Waals surface area contributed by atoms with Crippen LogP contribution in [0.15, 0.2) is 41.4 Å². The molecule has 0 amide bonds. The van der Waals surface area contributed by atoms with E-state index in [1.54, 1.807) is 6.34 Å². The number of hydrogen-bond acceptors (Lipinski definition) is 2. The molecular weight excluding hydrogens is 313 g/mol. The molecule has 122 valence electrons. The lowest BCUT2D eigenvalue weighted by atomic mass is 10.1. The van der Waals surface area contributed by atoms with E-state index in [-0.39, 0.29) is 5.82 Å². The fourth-order valence-electron chi connectivity index (χ4n) is 2.20. The Hall–Kier alpha value is -2.07. The van der Waals surface area contributed by atoms with Crippen molar-refractivity contribution in [3.8, 4) is 0 Å². The van der Waals surface area contributed by atoms with Crippen molar-refractivity contribution in [2.75, 3.05) is 25.5 Å². The van der Waals surface area contributed by atoms with Gasteiger partial charge in [-0.25, -0.2) is 9.38 Å². The lowest BCUT2D eigenvalue weighted by molar-refractivity contribution is 0.552. The molecule has 3 nitrogen and oxygen atoms in total. The number of anilines is 2. The van der Waals surface area contributed by atoms with E-state index >= 15 is 0 Å². The van der Waals surface area contributed by atoms with Crippen molar-refractivity contribution in [2.24, 2.45) is 4.99 Å². The summed E-state index contributed by atoms with van der Waals surface area (Å²) in [5.41, 5.74) is 3.19. The van der Waals surface area contributed by atoms with Crippen LogP contribution < -0.4 is 4.90 Å². The molecule has 0 atom stereocenters. The van der Waals surface area contributed by atoms with Gasteiger partial charge in [0.15, 0.2) is 0 Å². The fourth-order valence-corrected chi connectivity index (χ4v) is 2.38. The Labute approximate surface area is 142 Å². The van der Waals surface area contributed by atoms with Gasteiger partial charge in [-0.2, -0.15) is 0 Å². The third-order valence-corrected chi connectivity index (χ3v) is 4.00. The molecule has 0 aliphatic heterocycles. The Morgan fingerprint density at radius 3 is 2.61 bits per heavy atom. The lowest BCUT2D eigenvalue weighted by Gasteiger charge is -2.23. The minimum atomic E-state index is -0.314. The van der Waals surface area contributed by atoms with Gasteiger partial charge >= 0.3 is 0 Å². The standard InChI is InChI=1S/C18H21ClFN3/c1-5-22(3)12-21-17-10-15(20)11-18(13(17)2)23(4)16-8-6-7-14(19)9-16/h6-12H,5H2,1-4H3. The molecule has 2 aromatic carbocycles. The molecule has 0 aliphatic rings. The zero-order valence-corrected chi connectivity index (χ0v) is 14.6. The molecule has 0 aromatic heterocycles. The van der Waals surface area contributed by atoms with Crippen LogP contribution in [0.3, 0.4) is 0 Å². The van der Waals surface area contributed by atoms with Crippen LogP contribution in [0, 0.1) is 12.7 Å². The monoisotopic (exact) mass is 333 g/mol. The Balaban J connectivity index is 2.43. The van der Waals surface area contributed by atoms with Crippen molar-refractivity contribution in [3.05, 3.63) is 52.8 Å². The molecule has 0 unspecified atom stereocenters. The normalized spacial score (nSPS) is 11.0. The zero-order valence-electron chi connectivity index (χ0n) is 13.8. The summed E-state index contributed by atoms with van der Waals surface area (Å²) in [6.45, 7) is 4.81. The highest BCUT2D eigenvalue weighted by Gasteiger charge is 2.12. The predicted octanol–water partition coefficient (Wildman–Crippen LogP) is 5.17. The Morgan fingerprint density at radius 1 is 1.22 bits per heavy atom. The molecule has 0 N–H and O–H groups in total. The topological polar surface area (TPSA) is 18.8 Å². The van der Waals surface area contributed by atoms with E-state index in [2.05, 4.69) is 4.99 Å². The molecule has 0 fully saturated rings. The predicted molar refractivity (Wildman–Crippen MR) is 97.1 cm³/mol. The van der Waals surface area contributed by atoms with Gasteiger partial charge in [-0.1, -0.05) is 17.7 Å². The van der Waals surface area contributed by atoms with Gasteiger partial charge in [0.1, 0.15) is 5.82 Å². The second-order valence-electron chi connectivity index (χ2n) is 5.43. The highest BCUT2D eigenvalue weighted by atomic mass is 35.5. The molecule has 0 heterocycles. The van der Waals surface area contributed by atoms with Crippen molar-refractivity contribution in [1.82, 2.24) is 4.90 Å². The minimum absolute atomic E-state index is 0.314. The molecule has 2 aromatic rings. The van der Waals surface area contributed by atoms with Crippen molar-refractivity contribution in [3.63, 3.8) is 0 Å². The average Bonchev–Trinajstić information content (AvgIpc) is 2.54. The van der Waals surface area contributed by atoms with Crippen LogP contribution in [0.2, 0.25) is 5.02 Å². The van der Waals surface area contributed by atoms with Crippen molar-refractivity contribution >= 4 is 35.0 Å². The van der Waals surface area contributed by atoms with E-state index in [1.165, 1.54) is 12.1 Å². The molecule has 0 aliphatic carbocycles. The summed E-state index contributed by atoms with van der Waals surface area (Å²) in [6.07, 6.45) is 1.71. The first kappa shape index (κ1) is 17.3. The van der Waals surface area contributed by atoms with Crippen LogP contribution in [-0.4, -0.2) is 31.9 Å². The molecule has 0 bridgehead atoms. The Kier molecular flexibility index (Phi) is 5.61. The molecule has 2 rings (SSSR count). The molecular formula is C18H21ClFN3. The maximum absolute atomic E-state index is 14.0. The minimum Gasteiger partial charge on any atom is -0.366 e. The summed E-state index contributed by atoms with van der Waals surface area (Å²) in [7, 11) is 3.82. The van der Waals surface area contributed by atoms with Crippen LogP contribution in [-0.2, 0) is 0 Å². The van der Waals surface area contributed by atoms with E-state index in [9.17, 15) is 4.39 Å². The second-order valence-corrected chi connectivity index (χ2v) is 5.86. The van der Waals surface area contributed by atoms with Gasteiger partial charge in [0.25, 0.3) is 0 Å². The van der Waals surface area contributed by atoms with Crippen molar-refractivity contribution in [1.29, 1.82) is 0 Å². The Morgan fingerprint density at radius 2 is 1.96 bits per heavy atom. The summed E-state index contributed by atoms with van der Waals surface area (Å²) in [5, 5.41) is 0.645. The summed E-state index contributed by atoms with van der Waals surface area (Å²) >= 11 is 6.05. The average molecular weight is 334 g/mol. The summed E-state index contributed by atoms with van der Waals surface area (Å²) in [5.74, 6) is -0.314. The van der Waals surface area contributed by atoms with Crippen molar-refractivity contribution < 1.29 is 4.39 Å². The van der Waals surface area contributed by atoms with Gasteiger partial charge in [-0.3, -0.25) is 0 Å². The van der Waals surface area contributed by atoms with Crippen LogP contribution in [0.4, 0.5) is 21.5 Å². The molecule has 23 heavy (non-hydrogen) atoms. The largest absolute Gasteiger partial charge is 0.366 e. The summed E-state index contributed by atoms with van der Waals surface area (Å²) in [6, 6.07) is 10.4. The quantitative estimate of drug-likeness (QED) is 0.555. The van der Waals surface area contributed by atoms with E-state index in [0.29, 0.717) is 10.7 Å². The maximum atomic E-state index is 14.0. The first-order chi connectivity index (χ1) is 10.9. The third-order valence-electron chi connectivity index (χ3n) is 3.77. The van der Waals surface area contributed by atoms with Gasteiger partial charge < -0.3 is 9.80 Å². The smallest absolute Gasteiger partial charge is 0.127 e. The second kappa shape index (κ2) is 7.47. The van der Waals surface area contributed by atoms with E-state index in [1.807, 2.05) is 62.0 Å². The molecule has 0 radical (unpaired) electrons. The number of aliphatic imine (C=N–C) groups is 1. The first-order valence-electron chi connectivity index (χ1n) is 7.46. The highest BCUT2D eigenvalue weighted by molar-refractivity contribution is 6.30. The molecule has 0 spiro atoms. The zero-order chi connectivity index (χ0) is 17.0. The van der Waals surface area contributed by atoms with Gasteiger partial charge in [-0.15, -0.1) is 0 Å². The van der Waals surface area contributed by atoms with Gasteiger partial charge in [0.2, 0.25) is 0 Å². The van der Waals surface area contributed by atoms with Gasteiger partial charge in [-0.05, 0) is 49.7 Å². The number of rotatable bonds is 5. The SMILES string of the molecule is CCN(C)C=Nc1cc(F)cc(N(C)c2cccc(Cl)c2)c1C. The van der Waals surface area contributed by atoms with Crippen molar-refractivity contribution in [2.45, 2.75) is 13.8 Å². The first-order valence-corrected chi connectivity index (χ1v) is 7.84.